The van der Waals surface area contributed by atoms with E-state index in [4.69, 9.17) is 4.98 Å². The van der Waals surface area contributed by atoms with Crippen molar-refractivity contribution >= 4 is 5.91 Å². The molecule has 172 valence electrons. The highest BCUT2D eigenvalue weighted by Crippen LogP contribution is 2.31. The van der Waals surface area contributed by atoms with E-state index in [-0.39, 0.29) is 5.91 Å². The van der Waals surface area contributed by atoms with Crippen LogP contribution in [-0.2, 0) is 12.8 Å². The molecule has 7 heteroatoms. The molecule has 0 unspecified atom stereocenters. The van der Waals surface area contributed by atoms with Gasteiger partial charge in [0.2, 0.25) is 0 Å². The van der Waals surface area contributed by atoms with E-state index in [9.17, 15) is 4.79 Å². The first kappa shape index (κ1) is 21.8. The van der Waals surface area contributed by atoms with Crippen LogP contribution in [0, 0.1) is 6.92 Å². The van der Waals surface area contributed by atoms with E-state index < -0.39 is 0 Å². The van der Waals surface area contributed by atoms with Gasteiger partial charge in [-0.15, -0.1) is 0 Å². The van der Waals surface area contributed by atoms with Crippen molar-refractivity contribution in [2.75, 3.05) is 26.2 Å². The van der Waals surface area contributed by atoms with Crippen LogP contribution < -0.4 is 0 Å². The first-order valence-electron chi connectivity index (χ1n) is 12.1. The van der Waals surface area contributed by atoms with Gasteiger partial charge in [0.25, 0.3) is 11.9 Å². The first-order valence-corrected chi connectivity index (χ1v) is 12.1. The summed E-state index contributed by atoms with van der Waals surface area (Å²) < 4.78 is 1.71. The molecule has 2 aliphatic rings. The summed E-state index contributed by atoms with van der Waals surface area (Å²) in [6.07, 6.45) is 7.73. The molecule has 3 aromatic rings. The number of carbonyl (C=O) groups is 1. The number of nitrogens with zero attached hydrogens (tertiary/aromatic N) is 6. The average molecular weight is 445 g/mol. The van der Waals surface area contributed by atoms with Gasteiger partial charge < -0.3 is 4.90 Å². The summed E-state index contributed by atoms with van der Waals surface area (Å²) in [4.78, 5) is 27.3. The van der Waals surface area contributed by atoms with Crippen LogP contribution in [0.25, 0.3) is 17.2 Å². The molecule has 0 N–H and O–H groups in total. The standard InChI is InChI=1S/C26H32N6O/c1-4-30(5-2)21-13-14-31(17-21)25(33)23-16-28-32(18(23)3)26-27-15-20-11-8-10-19-9-6-7-12-22(19)24(20)29-26/h6-7,9,12,15-16,21H,4-5,8,10-11,13-14,17H2,1-3H3/t21-/m1/s1. The van der Waals surface area contributed by atoms with Gasteiger partial charge in [0.05, 0.1) is 23.1 Å². The maximum absolute atomic E-state index is 13.3. The number of hydrogen-bond donors (Lipinski definition) is 0. The van der Waals surface area contributed by atoms with Gasteiger partial charge in [-0.2, -0.15) is 5.10 Å². The van der Waals surface area contributed by atoms with Gasteiger partial charge >= 0.3 is 0 Å². The largest absolute Gasteiger partial charge is 0.337 e. The lowest BCUT2D eigenvalue weighted by Crippen LogP contribution is -2.38. The van der Waals surface area contributed by atoms with Gasteiger partial charge in [0.15, 0.2) is 0 Å². The fraction of sp³-hybridized carbons (Fsp3) is 0.462. The number of carbonyl (C=O) groups excluding carboxylic acids is 1. The maximum Gasteiger partial charge on any atom is 0.257 e. The lowest BCUT2D eigenvalue weighted by Gasteiger charge is -2.26. The minimum absolute atomic E-state index is 0.0495. The smallest absolute Gasteiger partial charge is 0.257 e. The van der Waals surface area contributed by atoms with Gasteiger partial charge in [-0.3, -0.25) is 9.69 Å². The Balaban J connectivity index is 1.43. The average Bonchev–Trinajstić information content (AvgIpc) is 3.43. The lowest BCUT2D eigenvalue weighted by atomic mass is 10.0. The lowest BCUT2D eigenvalue weighted by molar-refractivity contribution is 0.0777. The fourth-order valence-electron chi connectivity index (χ4n) is 5.31. The van der Waals surface area contributed by atoms with Crippen LogP contribution in [0.4, 0.5) is 0 Å². The Morgan fingerprint density at radius 3 is 2.73 bits per heavy atom. The number of fused-ring (bicyclic) bond motifs is 3. The summed E-state index contributed by atoms with van der Waals surface area (Å²) in [5.41, 5.74) is 6.07. The molecule has 1 atom stereocenters. The molecule has 1 aliphatic carbocycles. The van der Waals surface area contributed by atoms with Crippen LogP contribution in [0.3, 0.4) is 0 Å². The van der Waals surface area contributed by atoms with E-state index >= 15 is 0 Å². The molecule has 1 aromatic carbocycles. The molecule has 2 aromatic heterocycles. The molecule has 0 bridgehead atoms. The Kier molecular flexibility index (Phi) is 5.98. The molecule has 1 aliphatic heterocycles. The zero-order valence-corrected chi connectivity index (χ0v) is 19.8. The van der Waals surface area contributed by atoms with Crippen molar-refractivity contribution in [3.8, 4) is 17.2 Å². The Bertz CT molecular complexity index is 1170. The molecule has 1 fully saturated rings. The van der Waals surface area contributed by atoms with Crippen LogP contribution >= 0.6 is 0 Å². The highest BCUT2D eigenvalue weighted by molar-refractivity contribution is 5.95. The summed E-state index contributed by atoms with van der Waals surface area (Å²) in [6.45, 7) is 9.88. The van der Waals surface area contributed by atoms with Gasteiger partial charge in [0.1, 0.15) is 0 Å². The molecule has 0 saturated carbocycles. The number of rotatable bonds is 5. The quantitative estimate of drug-likeness (QED) is 0.601. The molecule has 7 nitrogen and oxygen atoms in total. The molecule has 1 amide bonds. The minimum atomic E-state index is 0.0495. The van der Waals surface area contributed by atoms with Crippen molar-refractivity contribution in [3.05, 3.63) is 59.0 Å². The van der Waals surface area contributed by atoms with Crippen LogP contribution in [0.1, 0.15) is 53.9 Å². The summed E-state index contributed by atoms with van der Waals surface area (Å²) in [5, 5.41) is 4.53. The number of aryl methyl sites for hydroxylation is 2. The van der Waals surface area contributed by atoms with Gasteiger partial charge in [-0.25, -0.2) is 14.6 Å². The number of amides is 1. The number of likely N-dealkylation sites (tertiary alicyclic amines) is 1. The second-order valence-electron chi connectivity index (χ2n) is 9.02. The van der Waals surface area contributed by atoms with Crippen molar-refractivity contribution in [1.82, 2.24) is 29.5 Å². The molecular formula is C26H32N6O. The minimum Gasteiger partial charge on any atom is -0.337 e. The molecule has 3 heterocycles. The summed E-state index contributed by atoms with van der Waals surface area (Å²) in [7, 11) is 0. The van der Waals surface area contributed by atoms with Crippen LogP contribution in [0.2, 0.25) is 0 Å². The van der Waals surface area contributed by atoms with Crippen molar-refractivity contribution in [2.45, 2.75) is 52.5 Å². The second kappa shape index (κ2) is 9.06. The predicted octanol–water partition coefficient (Wildman–Crippen LogP) is 3.68. The number of likely N-dealkylation sites (N-methyl/N-ethyl adjacent to an activating group) is 1. The van der Waals surface area contributed by atoms with Crippen molar-refractivity contribution < 1.29 is 4.79 Å². The maximum atomic E-state index is 13.3. The van der Waals surface area contributed by atoms with Gasteiger partial charge in [-0.05, 0) is 56.8 Å². The molecule has 5 rings (SSSR count). The van der Waals surface area contributed by atoms with Gasteiger partial charge in [-0.1, -0.05) is 38.1 Å². The summed E-state index contributed by atoms with van der Waals surface area (Å²) in [6, 6.07) is 8.91. The van der Waals surface area contributed by atoms with E-state index in [1.165, 1.54) is 16.7 Å². The Morgan fingerprint density at radius 2 is 1.91 bits per heavy atom. The monoisotopic (exact) mass is 444 g/mol. The zero-order valence-electron chi connectivity index (χ0n) is 19.8. The highest BCUT2D eigenvalue weighted by Gasteiger charge is 2.31. The van der Waals surface area contributed by atoms with E-state index in [2.05, 4.69) is 53.1 Å². The zero-order chi connectivity index (χ0) is 22.9. The number of aromatic nitrogens is 4. The number of benzene rings is 1. The van der Waals surface area contributed by atoms with Crippen LogP contribution in [0.5, 0.6) is 0 Å². The molecule has 0 radical (unpaired) electrons. The SMILES string of the molecule is CCN(CC)[C@@H]1CCN(C(=O)c2cnn(-c3ncc4c(n3)-c3ccccc3CCC4)c2C)C1. The predicted molar refractivity (Wildman–Crippen MR) is 129 cm³/mol. The third kappa shape index (κ3) is 3.95. The molecular weight excluding hydrogens is 412 g/mol. The molecule has 0 spiro atoms. The van der Waals surface area contributed by atoms with E-state index in [1.54, 1.807) is 10.9 Å². The van der Waals surface area contributed by atoms with Crippen LogP contribution in [0.15, 0.2) is 36.7 Å². The number of hydrogen-bond acceptors (Lipinski definition) is 5. The first-order chi connectivity index (χ1) is 16.1. The van der Waals surface area contributed by atoms with Crippen molar-refractivity contribution in [2.24, 2.45) is 0 Å². The Morgan fingerprint density at radius 1 is 1.12 bits per heavy atom. The van der Waals surface area contributed by atoms with Gasteiger partial charge in [0, 0.05) is 30.9 Å². The second-order valence-corrected chi connectivity index (χ2v) is 9.02. The van der Waals surface area contributed by atoms with E-state index in [1.807, 2.05) is 18.0 Å². The molecule has 33 heavy (non-hydrogen) atoms. The highest BCUT2D eigenvalue weighted by atomic mass is 16.2. The van der Waals surface area contributed by atoms with Crippen LogP contribution in [-0.4, -0.2) is 67.7 Å². The Labute approximate surface area is 195 Å². The normalized spacial score (nSPS) is 17.7. The van der Waals surface area contributed by atoms with Crippen molar-refractivity contribution in [1.29, 1.82) is 0 Å². The third-order valence-corrected chi connectivity index (χ3v) is 7.23. The molecule has 1 saturated heterocycles. The summed E-state index contributed by atoms with van der Waals surface area (Å²) in [5.74, 6) is 0.568. The topological polar surface area (TPSA) is 67.2 Å². The summed E-state index contributed by atoms with van der Waals surface area (Å²) >= 11 is 0. The van der Waals surface area contributed by atoms with Crippen molar-refractivity contribution in [3.63, 3.8) is 0 Å². The Hall–Kier alpha value is -3.06. The fourth-order valence-corrected chi connectivity index (χ4v) is 5.31. The van der Waals surface area contributed by atoms with E-state index in [0.29, 0.717) is 17.6 Å². The third-order valence-electron chi connectivity index (χ3n) is 7.23. The van der Waals surface area contributed by atoms with E-state index in [0.717, 1.165) is 63.3 Å².